The first-order valence-electron chi connectivity index (χ1n) is 7.37. The van der Waals surface area contributed by atoms with Crippen LogP contribution in [-0.2, 0) is 0 Å². The molecule has 2 aromatic rings. The van der Waals surface area contributed by atoms with Crippen molar-refractivity contribution in [1.29, 1.82) is 0 Å². The van der Waals surface area contributed by atoms with Crippen molar-refractivity contribution in [2.24, 2.45) is 0 Å². The zero-order chi connectivity index (χ0) is 15.2. The van der Waals surface area contributed by atoms with Crippen LogP contribution in [0.25, 0.3) is 0 Å². The Morgan fingerprint density at radius 3 is 2.29 bits per heavy atom. The Balaban J connectivity index is 2.04. The summed E-state index contributed by atoms with van der Waals surface area (Å²) >= 11 is 3.46. The molecule has 0 amide bonds. The molecule has 3 nitrogen and oxygen atoms in total. The minimum atomic E-state index is 0.249. The summed E-state index contributed by atoms with van der Waals surface area (Å²) in [7, 11) is 0. The molecule has 1 atom stereocenters. The number of hydrogen-bond donors (Lipinski definition) is 1. The fraction of sp³-hybridized carbons (Fsp3) is 0.353. The fourth-order valence-electron chi connectivity index (χ4n) is 2.29. The highest BCUT2D eigenvalue weighted by Gasteiger charge is 2.07. The highest BCUT2D eigenvalue weighted by molar-refractivity contribution is 9.10. The average molecular weight is 348 g/mol. The van der Waals surface area contributed by atoms with Crippen LogP contribution in [0.4, 0.5) is 11.5 Å². The van der Waals surface area contributed by atoms with Crippen LogP contribution in [0.2, 0.25) is 0 Å². The predicted molar refractivity (Wildman–Crippen MR) is 94.0 cm³/mol. The number of nitrogens with zero attached hydrogens (tertiary/aromatic N) is 2. The number of hydrogen-bond acceptors (Lipinski definition) is 3. The van der Waals surface area contributed by atoms with E-state index in [1.54, 1.807) is 0 Å². The molecule has 0 radical (unpaired) electrons. The molecule has 0 aliphatic heterocycles. The standard InChI is InChI=1S/C17H22BrN3/c1-4-21(5-2)17-11-10-16(12-19-17)20-13(3)14-6-8-15(18)9-7-14/h6-13,20H,4-5H2,1-3H3. The molecule has 1 N–H and O–H groups in total. The summed E-state index contributed by atoms with van der Waals surface area (Å²) in [6.45, 7) is 8.40. The summed E-state index contributed by atoms with van der Waals surface area (Å²) in [5.41, 5.74) is 2.30. The van der Waals surface area contributed by atoms with Crippen molar-refractivity contribution < 1.29 is 0 Å². The van der Waals surface area contributed by atoms with Crippen molar-refractivity contribution in [2.45, 2.75) is 26.8 Å². The van der Waals surface area contributed by atoms with E-state index in [9.17, 15) is 0 Å². The molecule has 0 aliphatic rings. The molecule has 0 aliphatic carbocycles. The van der Waals surface area contributed by atoms with E-state index in [4.69, 9.17) is 0 Å². The Bertz CT molecular complexity index is 547. The van der Waals surface area contributed by atoms with Gasteiger partial charge in [0.05, 0.1) is 11.9 Å². The van der Waals surface area contributed by atoms with Crippen LogP contribution >= 0.6 is 15.9 Å². The largest absolute Gasteiger partial charge is 0.377 e. The van der Waals surface area contributed by atoms with Gasteiger partial charge >= 0.3 is 0 Å². The van der Waals surface area contributed by atoms with Gasteiger partial charge in [0.1, 0.15) is 5.82 Å². The minimum absolute atomic E-state index is 0.249. The van der Waals surface area contributed by atoms with Crippen molar-refractivity contribution in [2.75, 3.05) is 23.3 Å². The number of rotatable bonds is 6. The number of benzene rings is 1. The van der Waals surface area contributed by atoms with Gasteiger partial charge in [0.25, 0.3) is 0 Å². The molecule has 1 aromatic carbocycles. The van der Waals surface area contributed by atoms with Crippen LogP contribution in [0.3, 0.4) is 0 Å². The van der Waals surface area contributed by atoms with Crippen LogP contribution in [0.5, 0.6) is 0 Å². The molecule has 0 bridgehead atoms. The zero-order valence-corrected chi connectivity index (χ0v) is 14.4. The number of aromatic nitrogens is 1. The highest BCUT2D eigenvalue weighted by atomic mass is 79.9. The number of anilines is 2. The predicted octanol–water partition coefficient (Wildman–Crippen LogP) is 4.86. The molecule has 2 rings (SSSR count). The van der Waals surface area contributed by atoms with Crippen molar-refractivity contribution in [3.63, 3.8) is 0 Å². The lowest BCUT2D eigenvalue weighted by Gasteiger charge is -2.20. The van der Waals surface area contributed by atoms with Gasteiger partial charge < -0.3 is 10.2 Å². The maximum absolute atomic E-state index is 4.54. The van der Waals surface area contributed by atoms with Crippen molar-refractivity contribution >= 4 is 27.4 Å². The normalized spacial score (nSPS) is 12.0. The van der Waals surface area contributed by atoms with Gasteiger partial charge in [0.15, 0.2) is 0 Å². The van der Waals surface area contributed by atoms with Crippen LogP contribution in [-0.4, -0.2) is 18.1 Å². The van der Waals surface area contributed by atoms with E-state index < -0.39 is 0 Å². The number of halogens is 1. The SMILES string of the molecule is CCN(CC)c1ccc(NC(C)c2ccc(Br)cc2)cn1. The molecule has 0 spiro atoms. The molecular weight excluding hydrogens is 326 g/mol. The molecule has 0 fully saturated rings. The Hall–Kier alpha value is -1.55. The van der Waals surface area contributed by atoms with Crippen LogP contribution in [0.15, 0.2) is 47.1 Å². The van der Waals surface area contributed by atoms with E-state index in [-0.39, 0.29) is 6.04 Å². The molecule has 1 unspecified atom stereocenters. The Kier molecular flexibility index (Phi) is 5.62. The Morgan fingerprint density at radius 1 is 1.10 bits per heavy atom. The summed E-state index contributed by atoms with van der Waals surface area (Å²) < 4.78 is 1.10. The molecule has 1 heterocycles. The quantitative estimate of drug-likeness (QED) is 0.808. The average Bonchev–Trinajstić information content (AvgIpc) is 2.51. The lowest BCUT2D eigenvalue weighted by atomic mass is 10.1. The van der Waals surface area contributed by atoms with E-state index >= 15 is 0 Å². The van der Waals surface area contributed by atoms with Gasteiger partial charge in [0, 0.05) is 23.6 Å². The van der Waals surface area contributed by atoms with E-state index in [0.717, 1.165) is 29.1 Å². The Morgan fingerprint density at radius 2 is 1.76 bits per heavy atom. The third kappa shape index (κ3) is 4.21. The first kappa shape index (κ1) is 15.8. The van der Waals surface area contributed by atoms with Gasteiger partial charge in [-0.05, 0) is 50.6 Å². The molecule has 0 saturated heterocycles. The molecular formula is C17H22BrN3. The second-order valence-corrected chi connectivity index (χ2v) is 5.91. The summed E-state index contributed by atoms with van der Waals surface area (Å²) in [5.74, 6) is 1.03. The van der Waals surface area contributed by atoms with E-state index in [1.165, 1.54) is 5.56 Å². The first-order chi connectivity index (χ1) is 10.1. The smallest absolute Gasteiger partial charge is 0.128 e. The van der Waals surface area contributed by atoms with Crippen molar-refractivity contribution in [3.05, 3.63) is 52.6 Å². The summed E-state index contributed by atoms with van der Waals surface area (Å²) in [6, 6.07) is 12.8. The molecule has 0 saturated carbocycles. The third-order valence-electron chi connectivity index (χ3n) is 3.59. The maximum atomic E-state index is 4.54. The van der Waals surface area contributed by atoms with E-state index in [0.29, 0.717) is 0 Å². The van der Waals surface area contributed by atoms with Gasteiger partial charge in [-0.2, -0.15) is 0 Å². The Labute approximate surface area is 135 Å². The van der Waals surface area contributed by atoms with Gasteiger partial charge in [0.2, 0.25) is 0 Å². The second-order valence-electron chi connectivity index (χ2n) is 4.99. The van der Waals surface area contributed by atoms with Crippen LogP contribution in [0, 0.1) is 0 Å². The topological polar surface area (TPSA) is 28.2 Å². The first-order valence-corrected chi connectivity index (χ1v) is 8.16. The fourth-order valence-corrected chi connectivity index (χ4v) is 2.56. The zero-order valence-electron chi connectivity index (χ0n) is 12.8. The van der Waals surface area contributed by atoms with E-state index in [1.807, 2.05) is 6.20 Å². The van der Waals surface area contributed by atoms with Gasteiger partial charge in [-0.25, -0.2) is 4.98 Å². The van der Waals surface area contributed by atoms with E-state index in [2.05, 4.69) is 88.3 Å². The summed E-state index contributed by atoms with van der Waals surface area (Å²) in [5, 5.41) is 3.48. The van der Waals surface area contributed by atoms with Crippen LogP contribution in [0.1, 0.15) is 32.4 Å². The number of pyridine rings is 1. The van der Waals surface area contributed by atoms with Crippen molar-refractivity contribution in [1.82, 2.24) is 4.98 Å². The number of nitrogens with one attached hydrogen (secondary N) is 1. The summed E-state index contributed by atoms with van der Waals surface area (Å²) in [6.07, 6.45) is 1.91. The maximum Gasteiger partial charge on any atom is 0.128 e. The van der Waals surface area contributed by atoms with Crippen LogP contribution < -0.4 is 10.2 Å². The van der Waals surface area contributed by atoms with Crippen molar-refractivity contribution in [3.8, 4) is 0 Å². The molecule has 1 aromatic heterocycles. The van der Waals surface area contributed by atoms with Gasteiger partial charge in [-0.3, -0.25) is 0 Å². The monoisotopic (exact) mass is 347 g/mol. The highest BCUT2D eigenvalue weighted by Crippen LogP contribution is 2.22. The lowest BCUT2D eigenvalue weighted by Crippen LogP contribution is -2.22. The minimum Gasteiger partial charge on any atom is -0.377 e. The van der Waals surface area contributed by atoms with Gasteiger partial charge in [-0.15, -0.1) is 0 Å². The molecule has 4 heteroatoms. The summed E-state index contributed by atoms with van der Waals surface area (Å²) in [4.78, 5) is 6.78. The molecule has 21 heavy (non-hydrogen) atoms. The third-order valence-corrected chi connectivity index (χ3v) is 4.12. The van der Waals surface area contributed by atoms with Gasteiger partial charge in [-0.1, -0.05) is 28.1 Å². The second kappa shape index (κ2) is 7.46. The molecule has 112 valence electrons. The lowest BCUT2D eigenvalue weighted by molar-refractivity contribution is 0.843.